The number of nitrogens with one attached hydrogen (secondary N) is 1. The fourth-order valence-electron chi connectivity index (χ4n) is 2.58. The summed E-state index contributed by atoms with van der Waals surface area (Å²) in [5.74, 6) is 0. The maximum Gasteiger partial charge on any atom is 0.144 e. The van der Waals surface area contributed by atoms with Gasteiger partial charge in [-0.1, -0.05) is 11.2 Å². The van der Waals surface area contributed by atoms with E-state index < -0.39 is 6.10 Å². The average molecular weight is 331 g/mol. The molecule has 2 aromatic heterocycles. The SMILES string of the molecule is OC(CNCc1cccnc1)CON=C1CCCc2sccc21. The Morgan fingerprint density at radius 1 is 1.39 bits per heavy atom. The van der Waals surface area contributed by atoms with Crippen LogP contribution in [0.4, 0.5) is 0 Å². The van der Waals surface area contributed by atoms with Crippen molar-refractivity contribution in [3.05, 3.63) is 52.0 Å². The maximum atomic E-state index is 9.94. The van der Waals surface area contributed by atoms with Crippen LogP contribution in [0.5, 0.6) is 0 Å². The Bertz CT molecular complexity index is 642. The number of thiophene rings is 1. The normalized spacial score (nSPS) is 17.0. The van der Waals surface area contributed by atoms with Crippen molar-refractivity contribution in [1.82, 2.24) is 10.3 Å². The zero-order valence-corrected chi connectivity index (χ0v) is 13.8. The van der Waals surface area contributed by atoms with Crippen molar-refractivity contribution in [3.63, 3.8) is 0 Å². The first-order valence-electron chi connectivity index (χ1n) is 7.86. The molecule has 0 spiro atoms. The molecule has 2 aromatic rings. The van der Waals surface area contributed by atoms with Crippen molar-refractivity contribution in [2.45, 2.75) is 31.9 Å². The first-order valence-corrected chi connectivity index (χ1v) is 8.74. The van der Waals surface area contributed by atoms with E-state index in [4.69, 9.17) is 4.84 Å². The van der Waals surface area contributed by atoms with Crippen LogP contribution in [0.25, 0.3) is 0 Å². The molecule has 1 aliphatic carbocycles. The van der Waals surface area contributed by atoms with Gasteiger partial charge in [0.15, 0.2) is 0 Å². The minimum absolute atomic E-state index is 0.197. The number of fused-ring (bicyclic) bond motifs is 1. The van der Waals surface area contributed by atoms with E-state index in [0.717, 1.165) is 30.5 Å². The van der Waals surface area contributed by atoms with E-state index in [1.54, 1.807) is 17.5 Å². The summed E-state index contributed by atoms with van der Waals surface area (Å²) in [4.78, 5) is 10.8. The molecule has 1 aliphatic rings. The molecule has 0 aromatic carbocycles. The minimum Gasteiger partial charge on any atom is -0.393 e. The lowest BCUT2D eigenvalue weighted by molar-refractivity contribution is 0.0400. The summed E-state index contributed by atoms with van der Waals surface area (Å²) in [5, 5.41) is 19.5. The lowest BCUT2D eigenvalue weighted by atomic mass is 9.97. The summed E-state index contributed by atoms with van der Waals surface area (Å²) in [6, 6.07) is 6.00. The highest BCUT2D eigenvalue weighted by Crippen LogP contribution is 2.26. The number of hydrogen-bond acceptors (Lipinski definition) is 6. The molecular formula is C17H21N3O2S. The molecule has 1 atom stereocenters. The Kier molecular flexibility index (Phi) is 5.74. The van der Waals surface area contributed by atoms with Gasteiger partial charge in [0.1, 0.15) is 12.7 Å². The molecule has 5 nitrogen and oxygen atoms in total. The van der Waals surface area contributed by atoms with Crippen LogP contribution in [0.2, 0.25) is 0 Å². The van der Waals surface area contributed by atoms with Crippen molar-refractivity contribution >= 4 is 17.0 Å². The summed E-state index contributed by atoms with van der Waals surface area (Å²) in [6.45, 7) is 1.34. The van der Waals surface area contributed by atoms with Crippen LogP contribution in [-0.4, -0.2) is 35.1 Å². The number of hydrogen-bond donors (Lipinski definition) is 2. The van der Waals surface area contributed by atoms with Crippen LogP contribution in [0.3, 0.4) is 0 Å². The van der Waals surface area contributed by atoms with Gasteiger partial charge in [-0.2, -0.15) is 0 Å². The number of oxime groups is 1. The van der Waals surface area contributed by atoms with E-state index in [-0.39, 0.29) is 6.61 Å². The quantitative estimate of drug-likeness (QED) is 0.764. The Hall–Kier alpha value is -1.76. The van der Waals surface area contributed by atoms with Crippen LogP contribution in [0.1, 0.15) is 28.8 Å². The molecule has 0 saturated carbocycles. The predicted octanol–water partition coefficient (Wildman–Crippen LogP) is 2.35. The average Bonchev–Trinajstić information content (AvgIpc) is 3.05. The lowest BCUT2D eigenvalue weighted by Crippen LogP contribution is -2.29. The van der Waals surface area contributed by atoms with Crippen molar-refractivity contribution in [1.29, 1.82) is 0 Å². The Morgan fingerprint density at radius 2 is 2.35 bits per heavy atom. The van der Waals surface area contributed by atoms with Gasteiger partial charge in [0.2, 0.25) is 0 Å². The van der Waals surface area contributed by atoms with Crippen molar-refractivity contribution in [2.75, 3.05) is 13.2 Å². The van der Waals surface area contributed by atoms with E-state index >= 15 is 0 Å². The molecule has 6 heteroatoms. The topological polar surface area (TPSA) is 66.7 Å². The molecule has 0 amide bonds. The summed E-state index contributed by atoms with van der Waals surface area (Å²) < 4.78 is 0. The van der Waals surface area contributed by atoms with Crippen molar-refractivity contribution in [2.24, 2.45) is 5.16 Å². The number of nitrogens with zero attached hydrogens (tertiary/aromatic N) is 2. The highest BCUT2D eigenvalue weighted by Gasteiger charge is 2.17. The Balaban J connectivity index is 1.40. The van der Waals surface area contributed by atoms with Gasteiger partial charge in [0.25, 0.3) is 0 Å². The number of aromatic nitrogens is 1. The molecule has 0 fully saturated rings. The van der Waals surface area contributed by atoms with E-state index in [1.165, 1.54) is 10.4 Å². The van der Waals surface area contributed by atoms with Crippen LogP contribution >= 0.6 is 11.3 Å². The van der Waals surface area contributed by atoms with Gasteiger partial charge in [-0.15, -0.1) is 11.3 Å². The molecule has 1 unspecified atom stereocenters. The van der Waals surface area contributed by atoms with Gasteiger partial charge in [-0.3, -0.25) is 4.98 Å². The second-order valence-electron chi connectivity index (χ2n) is 5.59. The maximum absolute atomic E-state index is 9.94. The molecule has 0 aliphatic heterocycles. The van der Waals surface area contributed by atoms with Crippen molar-refractivity contribution < 1.29 is 9.94 Å². The molecule has 0 bridgehead atoms. The number of pyridine rings is 1. The smallest absolute Gasteiger partial charge is 0.144 e. The minimum atomic E-state index is -0.582. The van der Waals surface area contributed by atoms with Crippen LogP contribution < -0.4 is 5.32 Å². The summed E-state index contributed by atoms with van der Waals surface area (Å²) in [5.41, 5.74) is 3.31. The van der Waals surface area contributed by atoms with E-state index in [1.807, 2.05) is 18.3 Å². The lowest BCUT2D eigenvalue weighted by Gasteiger charge is -2.14. The molecule has 2 N–H and O–H groups in total. The summed E-state index contributed by atoms with van der Waals surface area (Å²) >= 11 is 1.78. The largest absolute Gasteiger partial charge is 0.393 e. The Labute approximate surface area is 140 Å². The highest BCUT2D eigenvalue weighted by molar-refractivity contribution is 7.10. The molecule has 122 valence electrons. The van der Waals surface area contributed by atoms with Crippen LogP contribution in [-0.2, 0) is 17.8 Å². The van der Waals surface area contributed by atoms with E-state index in [9.17, 15) is 5.11 Å². The fourth-order valence-corrected chi connectivity index (χ4v) is 3.53. The number of rotatable bonds is 7. The van der Waals surface area contributed by atoms with Gasteiger partial charge in [0.05, 0.1) is 5.71 Å². The van der Waals surface area contributed by atoms with E-state index in [2.05, 4.69) is 26.9 Å². The summed E-state index contributed by atoms with van der Waals surface area (Å²) in [6.07, 6.45) is 6.16. The van der Waals surface area contributed by atoms with E-state index in [0.29, 0.717) is 13.1 Å². The third kappa shape index (κ3) is 4.60. The summed E-state index contributed by atoms with van der Waals surface area (Å²) in [7, 11) is 0. The zero-order chi connectivity index (χ0) is 15.9. The third-order valence-corrected chi connectivity index (χ3v) is 4.73. The third-order valence-electron chi connectivity index (χ3n) is 3.75. The van der Waals surface area contributed by atoms with Gasteiger partial charge < -0.3 is 15.3 Å². The van der Waals surface area contributed by atoms with Gasteiger partial charge in [-0.05, 0) is 42.3 Å². The van der Waals surface area contributed by atoms with Gasteiger partial charge in [0, 0.05) is 35.9 Å². The molecule has 2 heterocycles. The van der Waals surface area contributed by atoms with Gasteiger partial charge in [-0.25, -0.2) is 0 Å². The monoisotopic (exact) mass is 331 g/mol. The molecular weight excluding hydrogens is 310 g/mol. The zero-order valence-electron chi connectivity index (χ0n) is 12.9. The second-order valence-corrected chi connectivity index (χ2v) is 6.59. The number of aliphatic hydroxyl groups is 1. The van der Waals surface area contributed by atoms with Crippen LogP contribution in [0.15, 0.2) is 41.1 Å². The number of aryl methyl sites for hydroxylation is 1. The molecule has 0 saturated heterocycles. The van der Waals surface area contributed by atoms with Crippen LogP contribution in [0, 0.1) is 0 Å². The molecule has 3 rings (SSSR count). The second kappa shape index (κ2) is 8.19. The number of aliphatic hydroxyl groups excluding tert-OH is 1. The molecule has 23 heavy (non-hydrogen) atoms. The first-order chi connectivity index (χ1) is 11.3. The predicted molar refractivity (Wildman–Crippen MR) is 91.7 cm³/mol. The molecule has 0 radical (unpaired) electrons. The van der Waals surface area contributed by atoms with Gasteiger partial charge >= 0.3 is 0 Å². The Morgan fingerprint density at radius 3 is 3.22 bits per heavy atom. The van der Waals surface area contributed by atoms with Crippen molar-refractivity contribution in [3.8, 4) is 0 Å². The highest BCUT2D eigenvalue weighted by atomic mass is 32.1. The standard InChI is InChI=1S/C17H21N3O2S/c21-14(11-19-10-13-3-2-7-18-9-13)12-22-20-16-4-1-5-17-15(16)6-8-23-17/h2-3,6-9,14,19,21H,1,4-5,10-12H2. The first kappa shape index (κ1) is 16.1. The fraction of sp³-hybridized carbons (Fsp3) is 0.412.